The zero-order valence-corrected chi connectivity index (χ0v) is 17.8. The van der Waals surface area contributed by atoms with Crippen molar-refractivity contribution < 1.29 is 19.3 Å². The molecule has 1 saturated carbocycles. The molecule has 1 aliphatic heterocycles. The molecule has 32 heavy (non-hydrogen) atoms. The largest absolute Gasteiger partial charge is 0.352 e. The lowest BCUT2D eigenvalue weighted by Gasteiger charge is -2.31. The Morgan fingerprint density at radius 3 is 2.28 bits per heavy atom. The monoisotopic (exact) mass is 435 g/mol. The van der Waals surface area contributed by atoms with E-state index >= 15 is 0 Å². The van der Waals surface area contributed by atoms with Gasteiger partial charge >= 0.3 is 0 Å². The van der Waals surface area contributed by atoms with Gasteiger partial charge in [-0.05, 0) is 36.5 Å². The number of carbonyl (C=O) groups excluding carboxylic acids is 3. The number of nitrogens with zero attached hydrogens (tertiary/aromatic N) is 2. The van der Waals surface area contributed by atoms with Crippen LogP contribution in [0, 0.1) is 16.0 Å². The molecule has 3 amide bonds. The summed E-state index contributed by atoms with van der Waals surface area (Å²) in [5, 5.41) is 14.0. The van der Waals surface area contributed by atoms with Crippen LogP contribution in [0.2, 0.25) is 0 Å². The third-order valence-electron chi connectivity index (χ3n) is 6.30. The summed E-state index contributed by atoms with van der Waals surface area (Å²) in [7, 11) is 0. The van der Waals surface area contributed by atoms with E-state index < -0.39 is 22.8 Å². The Kier molecular flexibility index (Phi) is 6.03. The molecule has 0 bridgehead atoms. The van der Waals surface area contributed by atoms with Gasteiger partial charge in [0.1, 0.15) is 6.04 Å². The maximum atomic E-state index is 13.4. The summed E-state index contributed by atoms with van der Waals surface area (Å²) in [5.74, 6) is -0.868. The van der Waals surface area contributed by atoms with Gasteiger partial charge in [0, 0.05) is 24.6 Å². The second-order valence-electron chi connectivity index (χ2n) is 8.65. The van der Waals surface area contributed by atoms with Crippen molar-refractivity contribution in [3.63, 3.8) is 0 Å². The topological polar surface area (TPSA) is 110 Å². The molecule has 2 aliphatic rings. The Morgan fingerprint density at radius 2 is 1.72 bits per heavy atom. The maximum absolute atomic E-state index is 13.4. The highest BCUT2D eigenvalue weighted by Crippen LogP contribution is 2.28. The predicted molar refractivity (Wildman–Crippen MR) is 117 cm³/mol. The lowest BCUT2D eigenvalue weighted by atomic mass is 9.87. The van der Waals surface area contributed by atoms with Gasteiger partial charge in [-0.3, -0.25) is 29.4 Å². The summed E-state index contributed by atoms with van der Waals surface area (Å²) >= 11 is 0. The fraction of sp³-hybridized carbons (Fsp3) is 0.375. The van der Waals surface area contributed by atoms with Crippen LogP contribution in [0.25, 0.3) is 0 Å². The standard InChI is InChI=1S/C24H25N3O5/c1-15-5-4-6-17(13-15)25-22(28)21(14-16-9-11-18(12-10-16)27(31)32)26-23(29)19-7-2-3-8-20(19)24(26)30/h2-3,7-12,15,17,21H,4-6,13-14H2,1H3,(H,25,28)/t15-,17-,21+/m0/s1. The number of hydrogen-bond donors (Lipinski definition) is 1. The molecular formula is C24H25N3O5. The van der Waals surface area contributed by atoms with Gasteiger partial charge in [0.15, 0.2) is 0 Å². The van der Waals surface area contributed by atoms with Gasteiger partial charge in [0.05, 0.1) is 16.1 Å². The number of imide groups is 1. The minimum atomic E-state index is -1.04. The molecule has 0 spiro atoms. The molecule has 8 heteroatoms. The number of non-ortho nitro benzene ring substituents is 1. The molecule has 0 aromatic heterocycles. The number of fused-ring (bicyclic) bond motifs is 1. The SMILES string of the molecule is C[C@H]1CCC[C@H](NC(=O)[C@@H](Cc2ccc([N+](=O)[O-])cc2)N2C(=O)c3ccccc3C2=O)C1. The van der Waals surface area contributed by atoms with Crippen LogP contribution in [0.5, 0.6) is 0 Å². The van der Waals surface area contributed by atoms with Crippen molar-refractivity contribution in [3.8, 4) is 0 Å². The van der Waals surface area contributed by atoms with E-state index in [1.54, 1.807) is 36.4 Å². The second-order valence-corrected chi connectivity index (χ2v) is 8.65. The van der Waals surface area contributed by atoms with E-state index in [9.17, 15) is 24.5 Å². The predicted octanol–water partition coefficient (Wildman–Crippen LogP) is 3.50. The molecule has 0 radical (unpaired) electrons. The molecule has 0 unspecified atom stereocenters. The fourth-order valence-corrected chi connectivity index (χ4v) is 4.63. The average molecular weight is 435 g/mol. The number of rotatable bonds is 6. The molecule has 8 nitrogen and oxygen atoms in total. The number of benzene rings is 2. The Labute approximate surface area is 185 Å². The molecule has 3 atom stereocenters. The first kappa shape index (κ1) is 21.7. The van der Waals surface area contributed by atoms with Crippen molar-refractivity contribution in [2.75, 3.05) is 0 Å². The van der Waals surface area contributed by atoms with Crippen molar-refractivity contribution in [1.82, 2.24) is 10.2 Å². The molecule has 4 rings (SSSR count). The quantitative estimate of drug-likeness (QED) is 0.424. The van der Waals surface area contributed by atoms with Gasteiger partial charge in [-0.25, -0.2) is 0 Å². The number of nitro benzene ring substituents is 1. The summed E-state index contributed by atoms with van der Waals surface area (Å²) in [6, 6.07) is 11.3. The molecule has 1 heterocycles. The first-order chi connectivity index (χ1) is 15.3. The van der Waals surface area contributed by atoms with Crippen molar-refractivity contribution in [2.24, 2.45) is 5.92 Å². The minimum absolute atomic E-state index is 0.000734. The number of amides is 3. The minimum Gasteiger partial charge on any atom is -0.352 e. The van der Waals surface area contributed by atoms with Gasteiger partial charge < -0.3 is 5.32 Å². The van der Waals surface area contributed by atoms with E-state index in [1.807, 2.05) is 0 Å². The maximum Gasteiger partial charge on any atom is 0.269 e. The summed E-state index contributed by atoms with van der Waals surface area (Å²) in [6.45, 7) is 2.15. The van der Waals surface area contributed by atoms with E-state index in [4.69, 9.17) is 0 Å². The molecule has 2 aromatic carbocycles. The molecular weight excluding hydrogens is 410 g/mol. The zero-order chi connectivity index (χ0) is 22.8. The first-order valence-corrected chi connectivity index (χ1v) is 10.9. The van der Waals surface area contributed by atoms with Crippen LogP contribution in [0.4, 0.5) is 5.69 Å². The summed E-state index contributed by atoms with van der Waals surface area (Å²) in [5.41, 5.74) is 1.13. The highest BCUT2D eigenvalue weighted by atomic mass is 16.6. The van der Waals surface area contributed by atoms with Gasteiger partial charge in [-0.2, -0.15) is 0 Å². The number of carbonyl (C=O) groups is 3. The van der Waals surface area contributed by atoms with Crippen LogP contribution in [-0.2, 0) is 11.2 Å². The molecule has 0 saturated heterocycles. The number of nitro groups is 1. The summed E-state index contributed by atoms with van der Waals surface area (Å²) < 4.78 is 0. The van der Waals surface area contributed by atoms with Gasteiger partial charge in [0.2, 0.25) is 5.91 Å². The Bertz CT molecular complexity index is 1030. The fourth-order valence-electron chi connectivity index (χ4n) is 4.63. The molecule has 1 N–H and O–H groups in total. The lowest BCUT2D eigenvalue weighted by molar-refractivity contribution is -0.384. The smallest absolute Gasteiger partial charge is 0.269 e. The van der Waals surface area contributed by atoms with Crippen LogP contribution in [0.1, 0.15) is 58.9 Å². The number of hydrogen-bond acceptors (Lipinski definition) is 5. The highest BCUT2D eigenvalue weighted by Gasteiger charge is 2.43. The van der Waals surface area contributed by atoms with Crippen LogP contribution in [0.15, 0.2) is 48.5 Å². The third kappa shape index (κ3) is 4.26. The van der Waals surface area contributed by atoms with E-state index in [0.717, 1.165) is 30.6 Å². The molecule has 1 fully saturated rings. The summed E-state index contributed by atoms with van der Waals surface area (Å²) in [4.78, 5) is 51.0. The van der Waals surface area contributed by atoms with Gasteiger partial charge in [0.25, 0.3) is 17.5 Å². The van der Waals surface area contributed by atoms with Crippen LogP contribution >= 0.6 is 0 Å². The lowest BCUT2D eigenvalue weighted by Crippen LogP contribution is -2.53. The molecule has 2 aromatic rings. The number of nitrogens with one attached hydrogen (secondary N) is 1. The van der Waals surface area contributed by atoms with E-state index in [2.05, 4.69) is 12.2 Å². The van der Waals surface area contributed by atoms with Crippen LogP contribution in [-0.4, -0.2) is 39.6 Å². The Hall–Kier alpha value is -3.55. The van der Waals surface area contributed by atoms with E-state index in [0.29, 0.717) is 11.5 Å². The molecule has 166 valence electrons. The Morgan fingerprint density at radius 1 is 1.09 bits per heavy atom. The molecule has 1 aliphatic carbocycles. The second kappa shape index (κ2) is 8.90. The van der Waals surface area contributed by atoms with Crippen LogP contribution in [0.3, 0.4) is 0 Å². The third-order valence-corrected chi connectivity index (χ3v) is 6.30. The first-order valence-electron chi connectivity index (χ1n) is 10.9. The van der Waals surface area contributed by atoms with E-state index in [-0.39, 0.29) is 35.2 Å². The van der Waals surface area contributed by atoms with Gasteiger partial charge in [-0.1, -0.05) is 44.0 Å². The normalized spacial score (nSPS) is 21.2. The highest BCUT2D eigenvalue weighted by molar-refractivity contribution is 6.22. The van der Waals surface area contributed by atoms with Gasteiger partial charge in [-0.15, -0.1) is 0 Å². The van der Waals surface area contributed by atoms with Crippen molar-refractivity contribution >= 4 is 23.4 Å². The van der Waals surface area contributed by atoms with Crippen molar-refractivity contribution in [1.29, 1.82) is 0 Å². The van der Waals surface area contributed by atoms with Crippen molar-refractivity contribution in [3.05, 3.63) is 75.3 Å². The average Bonchev–Trinajstić information content (AvgIpc) is 3.03. The van der Waals surface area contributed by atoms with Crippen molar-refractivity contribution in [2.45, 2.75) is 51.1 Å². The Balaban J connectivity index is 1.62. The summed E-state index contributed by atoms with van der Waals surface area (Å²) in [6.07, 6.45) is 3.95. The van der Waals surface area contributed by atoms with E-state index in [1.165, 1.54) is 12.1 Å². The van der Waals surface area contributed by atoms with Crippen LogP contribution < -0.4 is 5.32 Å². The zero-order valence-electron chi connectivity index (χ0n) is 17.8.